The molecule has 0 aromatic carbocycles. The number of carbonyl (C=O) groups is 2. The first-order valence-electron chi connectivity index (χ1n) is 26.6. The van der Waals surface area contributed by atoms with Crippen molar-refractivity contribution >= 4 is 11.9 Å². The van der Waals surface area contributed by atoms with Gasteiger partial charge in [-0.05, 0) is 40.2 Å². The summed E-state index contributed by atoms with van der Waals surface area (Å²) >= 11 is 0. The lowest BCUT2D eigenvalue weighted by Crippen LogP contribution is -2.69. The molecule has 0 aromatic heterocycles. The van der Waals surface area contributed by atoms with Gasteiger partial charge in [-0.3, -0.25) is 14.5 Å². The Kier molecular flexibility index (Phi) is 27.0. The fraction of sp³-hybridized carbons (Fsp3) is 0.709. The lowest BCUT2D eigenvalue weighted by molar-refractivity contribution is -0.335. The average Bonchev–Trinajstić information content (AvgIpc) is 3.43. The number of aliphatic hydroxyl groups is 14. The van der Waals surface area contributed by atoms with Gasteiger partial charge < -0.3 is 99.9 Å². The number of fused-ring (bicyclic) bond motifs is 2. The maximum atomic E-state index is 13.3. The van der Waals surface area contributed by atoms with Gasteiger partial charge in [0.2, 0.25) is 5.79 Å². The zero-order chi connectivity index (χ0) is 58.1. The average molecular weight is 1110 g/mol. The van der Waals surface area contributed by atoms with Gasteiger partial charge >= 0.3 is 11.9 Å². The third-order valence-corrected chi connectivity index (χ3v) is 14.8. The lowest BCUT2D eigenvalue weighted by atomic mass is 9.82. The van der Waals surface area contributed by atoms with E-state index in [2.05, 4.69) is 0 Å². The first-order chi connectivity index (χ1) is 36.7. The Morgan fingerprint density at radius 2 is 1.24 bits per heavy atom. The number of methoxy groups -OCH3 is 1. The number of aliphatic hydroxyl groups excluding tert-OH is 12. The minimum atomic E-state index is -2.45. The molecule has 23 heteroatoms. The minimum Gasteiger partial charge on any atom is -0.469 e. The smallest absolute Gasteiger partial charge is 0.313 e. The Balaban J connectivity index is 1.63. The largest absolute Gasteiger partial charge is 0.469 e. The molecule has 4 aliphatic heterocycles. The van der Waals surface area contributed by atoms with E-state index in [0.29, 0.717) is 0 Å². The van der Waals surface area contributed by atoms with E-state index >= 15 is 0 Å². The van der Waals surface area contributed by atoms with Crippen molar-refractivity contribution in [2.45, 2.75) is 201 Å². The zero-order valence-electron chi connectivity index (χ0n) is 45.3. The van der Waals surface area contributed by atoms with Crippen LogP contribution in [0.15, 0.2) is 85.1 Å². The topological polar surface area (TPSA) is 376 Å². The molecule has 23 atom stereocenters. The van der Waals surface area contributed by atoms with Crippen LogP contribution in [-0.4, -0.2) is 237 Å². The Labute approximate surface area is 455 Å². The van der Waals surface area contributed by atoms with Crippen LogP contribution in [0.5, 0.6) is 0 Å². The van der Waals surface area contributed by atoms with E-state index < -0.39 is 184 Å². The maximum absolute atomic E-state index is 13.3. The van der Waals surface area contributed by atoms with E-state index in [1.807, 2.05) is 13.0 Å². The third kappa shape index (κ3) is 19.8. The maximum Gasteiger partial charge on any atom is 0.313 e. The summed E-state index contributed by atoms with van der Waals surface area (Å²) in [6.07, 6.45) is -3.31. The van der Waals surface area contributed by atoms with Crippen LogP contribution in [0.1, 0.15) is 79.1 Å². The number of carbonyl (C=O) groups excluding carboxylic acids is 2. The Morgan fingerprint density at radius 3 is 1.85 bits per heavy atom. The van der Waals surface area contributed by atoms with Gasteiger partial charge in [-0.1, -0.05) is 98.9 Å². The van der Waals surface area contributed by atoms with Crippen molar-refractivity contribution < 1.29 is 110 Å². The number of esters is 2. The van der Waals surface area contributed by atoms with Crippen LogP contribution >= 0.6 is 0 Å². The molecule has 3 saturated heterocycles. The summed E-state index contributed by atoms with van der Waals surface area (Å²) in [5.41, 5.74) is 0. The summed E-state index contributed by atoms with van der Waals surface area (Å²) in [6, 6.07) is -1.29. The quantitative estimate of drug-likeness (QED) is 0.136. The molecule has 0 aromatic rings. The molecule has 23 unspecified atom stereocenters. The zero-order valence-corrected chi connectivity index (χ0v) is 45.3. The first-order valence-corrected chi connectivity index (χ1v) is 26.6. The molecule has 23 nitrogen and oxygen atoms in total. The molecule has 444 valence electrons. The predicted molar refractivity (Wildman–Crippen MR) is 279 cm³/mol. The van der Waals surface area contributed by atoms with Crippen LogP contribution in [0.4, 0.5) is 0 Å². The van der Waals surface area contributed by atoms with Crippen LogP contribution in [0, 0.1) is 17.8 Å². The van der Waals surface area contributed by atoms with Gasteiger partial charge in [0, 0.05) is 37.5 Å². The van der Waals surface area contributed by atoms with E-state index in [9.17, 15) is 81.1 Å². The molecule has 0 saturated carbocycles. The summed E-state index contributed by atoms with van der Waals surface area (Å²) in [4.78, 5) is 27.3. The molecule has 14 N–H and O–H groups in total. The number of cyclic esters (lactones) is 1. The Morgan fingerprint density at radius 1 is 0.654 bits per heavy atom. The summed E-state index contributed by atoms with van der Waals surface area (Å²) in [5.74, 6) is -8.73. The van der Waals surface area contributed by atoms with Crippen LogP contribution in [-0.2, 0) is 38.0 Å². The molecule has 3 fully saturated rings. The van der Waals surface area contributed by atoms with Crippen LogP contribution in [0.3, 0.4) is 0 Å². The van der Waals surface area contributed by atoms with E-state index in [4.69, 9.17) is 28.4 Å². The third-order valence-electron chi connectivity index (χ3n) is 14.8. The molecular weight excluding hydrogens is 1030 g/mol. The molecular formula is C55H87NO22. The second-order valence-corrected chi connectivity index (χ2v) is 21.2. The van der Waals surface area contributed by atoms with Gasteiger partial charge in [-0.25, -0.2) is 0 Å². The fourth-order valence-electron chi connectivity index (χ4n) is 10.0. The van der Waals surface area contributed by atoms with Crippen molar-refractivity contribution in [1.29, 1.82) is 0 Å². The Hall–Kier alpha value is -3.64. The van der Waals surface area contributed by atoms with Gasteiger partial charge in [0.05, 0.1) is 99.9 Å². The van der Waals surface area contributed by atoms with Crippen LogP contribution in [0.2, 0.25) is 0 Å². The second-order valence-electron chi connectivity index (χ2n) is 21.2. The van der Waals surface area contributed by atoms with Crippen molar-refractivity contribution in [3.05, 3.63) is 85.1 Å². The van der Waals surface area contributed by atoms with Crippen molar-refractivity contribution in [3.8, 4) is 0 Å². The van der Waals surface area contributed by atoms with Gasteiger partial charge in [0.1, 0.15) is 36.4 Å². The van der Waals surface area contributed by atoms with Crippen molar-refractivity contribution in [3.63, 3.8) is 0 Å². The van der Waals surface area contributed by atoms with E-state index in [1.165, 1.54) is 24.9 Å². The molecule has 4 rings (SSSR count). The van der Waals surface area contributed by atoms with Gasteiger partial charge in [0.25, 0.3) is 0 Å². The van der Waals surface area contributed by atoms with E-state index in [1.54, 1.807) is 86.8 Å². The standard InChI is InChI=1S/C55H87NO22/c1-31-19-17-15-13-11-9-7-8-10-12-14-16-18-20-38(77-53-50(68)46(48(66)34(4)76-53)56(5)30-55(72)51(69)49(67)42(63)29-74-55)26-43-45(52(70)73-6)41(62)28-54(71,78-43)27-37(59)24-40(61)39(60)22-21-35(57)23-36(58)25-44(64)75-33(3)32(2)47(31)65/h7-20,31-43,45-51,53,57-63,65-69,71-72H,21-30H2,1-6H3. The van der Waals surface area contributed by atoms with Crippen molar-refractivity contribution in [1.82, 2.24) is 4.90 Å². The molecule has 0 spiro atoms. The Bertz CT molecular complexity index is 2050. The highest BCUT2D eigenvalue weighted by atomic mass is 16.7. The lowest BCUT2D eigenvalue weighted by Gasteiger charge is -2.49. The molecule has 0 aliphatic carbocycles. The highest BCUT2D eigenvalue weighted by Crippen LogP contribution is 2.39. The molecule has 2 bridgehead atoms. The minimum absolute atomic E-state index is 0.132. The normalized spacial score (nSPS) is 43.0. The van der Waals surface area contributed by atoms with Crippen molar-refractivity contribution in [2.24, 2.45) is 17.8 Å². The molecule has 0 radical (unpaired) electrons. The summed E-state index contributed by atoms with van der Waals surface area (Å²) in [6.45, 7) is 5.54. The number of ether oxygens (including phenoxy) is 6. The second kappa shape index (κ2) is 31.5. The summed E-state index contributed by atoms with van der Waals surface area (Å²) in [5, 5.41) is 154. The number of hydrogen-bond donors (Lipinski definition) is 14. The highest BCUT2D eigenvalue weighted by molar-refractivity contribution is 5.74. The first kappa shape index (κ1) is 66.9. The van der Waals surface area contributed by atoms with E-state index in [-0.39, 0.29) is 31.6 Å². The summed E-state index contributed by atoms with van der Waals surface area (Å²) < 4.78 is 34.3. The monoisotopic (exact) mass is 1110 g/mol. The van der Waals surface area contributed by atoms with Crippen molar-refractivity contribution in [2.75, 3.05) is 27.3 Å². The molecule has 4 heterocycles. The number of rotatable bonds is 6. The number of likely N-dealkylation sites (N-methyl/N-ethyl adjacent to an activating group) is 1. The summed E-state index contributed by atoms with van der Waals surface area (Å²) in [7, 11) is 2.47. The van der Waals surface area contributed by atoms with Crippen LogP contribution in [0.25, 0.3) is 0 Å². The fourth-order valence-corrected chi connectivity index (χ4v) is 10.0. The molecule has 78 heavy (non-hydrogen) atoms. The highest BCUT2D eigenvalue weighted by Gasteiger charge is 2.54. The molecule has 0 amide bonds. The number of hydrogen-bond acceptors (Lipinski definition) is 23. The van der Waals surface area contributed by atoms with Crippen LogP contribution < -0.4 is 0 Å². The molecule has 4 aliphatic rings. The van der Waals surface area contributed by atoms with Gasteiger partial charge in [-0.2, -0.15) is 0 Å². The number of nitrogens with zero attached hydrogens (tertiary/aromatic N) is 1. The SMILES string of the molecule is COC(=O)C1C(O)CC2(O)CC(O)CC(O)C(O)CCC(O)CC(O)CC(=O)OC(C)C(C)C(O)C(C)C=CC=CC=CC=CC=CC=CC=CC(OC3OC(C)C(O)C(N(C)CC4(O)OCC(O)C(O)C4O)C3O)CC1O2. The van der Waals surface area contributed by atoms with E-state index in [0.717, 1.165) is 7.11 Å². The predicted octanol–water partition coefficient (Wildman–Crippen LogP) is -1.43. The van der Waals surface area contributed by atoms with Gasteiger partial charge in [-0.15, -0.1) is 0 Å². The van der Waals surface area contributed by atoms with Gasteiger partial charge in [0.15, 0.2) is 12.1 Å². The number of allylic oxidation sites excluding steroid dienone is 12.